The van der Waals surface area contributed by atoms with Gasteiger partial charge in [0.25, 0.3) is 0 Å². The number of carbonyl (C=O) groups is 1. The fourth-order valence-electron chi connectivity index (χ4n) is 3.46. The van der Waals surface area contributed by atoms with Gasteiger partial charge in [0, 0.05) is 16.0 Å². The molecule has 1 N–H and O–H groups in total. The first-order valence-electron chi connectivity index (χ1n) is 9.08. The van der Waals surface area contributed by atoms with Gasteiger partial charge in [0.05, 0.1) is 5.56 Å². The first-order chi connectivity index (χ1) is 12.8. The average Bonchev–Trinajstić information content (AvgIpc) is 2.96. The number of nitrogens with zero attached hydrogens (tertiary/aromatic N) is 1. The number of benzene rings is 1. The lowest BCUT2D eigenvalue weighted by Crippen LogP contribution is -2.26. The minimum Gasteiger partial charge on any atom is -0.313 e. The molecule has 1 heterocycles. The molecule has 5 heteroatoms. The molecule has 1 atom stereocenters. The summed E-state index contributed by atoms with van der Waals surface area (Å²) >= 11 is 7.66. The lowest BCUT2D eigenvalue weighted by atomic mass is 9.72. The summed E-state index contributed by atoms with van der Waals surface area (Å²) in [4.78, 5) is 13.6. The predicted octanol–water partition coefficient (Wildman–Crippen LogP) is 6.08. The minimum absolute atomic E-state index is 0.246. The van der Waals surface area contributed by atoms with E-state index < -0.39 is 0 Å². The number of thiophene rings is 1. The number of nitrogens with one attached hydrogen (secondary N) is 1. The molecule has 1 aliphatic carbocycles. The van der Waals surface area contributed by atoms with Crippen molar-refractivity contribution in [2.75, 3.05) is 5.32 Å². The Kier molecular flexibility index (Phi) is 5.74. The Morgan fingerprint density at radius 2 is 2.11 bits per heavy atom. The smallest absolute Gasteiger partial charge is 0.249 e. The van der Waals surface area contributed by atoms with Crippen LogP contribution in [0.2, 0.25) is 5.02 Å². The monoisotopic (exact) mass is 398 g/mol. The van der Waals surface area contributed by atoms with E-state index in [0.29, 0.717) is 21.5 Å². The van der Waals surface area contributed by atoms with Crippen LogP contribution in [-0.2, 0) is 17.6 Å². The molecule has 1 aromatic carbocycles. The SMILES string of the molecule is CC(C)(C)C1CCc2c(sc(NC(=O)/C=C/c3ccccc3Cl)c2C#N)C1. The van der Waals surface area contributed by atoms with Crippen LogP contribution in [0.25, 0.3) is 6.08 Å². The Labute approximate surface area is 169 Å². The summed E-state index contributed by atoms with van der Waals surface area (Å²) in [6.45, 7) is 6.80. The van der Waals surface area contributed by atoms with E-state index in [0.717, 1.165) is 30.4 Å². The van der Waals surface area contributed by atoms with Gasteiger partial charge in [-0.25, -0.2) is 0 Å². The van der Waals surface area contributed by atoms with Crippen LogP contribution in [0, 0.1) is 22.7 Å². The van der Waals surface area contributed by atoms with Crippen molar-refractivity contribution in [3.8, 4) is 6.07 Å². The van der Waals surface area contributed by atoms with Gasteiger partial charge in [-0.15, -0.1) is 11.3 Å². The summed E-state index contributed by atoms with van der Waals surface area (Å²) in [5, 5.41) is 13.8. The maximum Gasteiger partial charge on any atom is 0.249 e. The standard InChI is InChI=1S/C22H23ClN2OS/c1-22(2,3)15-9-10-16-17(13-24)21(27-19(16)12-15)25-20(26)11-8-14-6-4-5-7-18(14)23/h4-8,11,15H,9-10,12H2,1-3H3,(H,25,26)/b11-8+. The van der Waals surface area contributed by atoms with Gasteiger partial charge >= 0.3 is 0 Å². The molecule has 0 radical (unpaired) electrons. The maximum atomic E-state index is 12.4. The highest BCUT2D eigenvalue weighted by atomic mass is 35.5. The van der Waals surface area contributed by atoms with E-state index in [4.69, 9.17) is 11.6 Å². The first-order valence-corrected chi connectivity index (χ1v) is 10.3. The molecule has 27 heavy (non-hydrogen) atoms. The van der Waals surface area contributed by atoms with Gasteiger partial charge in [0.2, 0.25) is 5.91 Å². The lowest BCUT2D eigenvalue weighted by Gasteiger charge is -2.33. The van der Waals surface area contributed by atoms with Crippen molar-refractivity contribution in [2.45, 2.75) is 40.0 Å². The summed E-state index contributed by atoms with van der Waals surface area (Å²) < 4.78 is 0. The number of hydrogen-bond donors (Lipinski definition) is 1. The van der Waals surface area contributed by atoms with Crippen molar-refractivity contribution >= 4 is 39.9 Å². The summed E-state index contributed by atoms with van der Waals surface area (Å²) in [5.41, 5.74) is 2.78. The third-order valence-corrected chi connectivity index (χ3v) is 6.67. The van der Waals surface area contributed by atoms with E-state index in [1.807, 2.05) is 18.2 Å². The second-order valence-electron chi connectivity index (χ2n) is 7.97. The molecule has 0 fully saturated rings. The largest absolute Gasteiger partial charge is 0.313 e. The fraction of sp³-hybridized carbons (Fsp3) is 0.364. The molecule has 3 rings (SSSR count). The Morgan fingerprint density at radius 3 is 2.78 bits per heavy atom. The van der Waals surface area contributed by atoms with Gasteiger partial charge in [-0.05, 0) is 53.9 Å². The summed E-state index contributed by atoms with van der Waals surface area (Å²) in [6, 6.07) is 9.65. The zero-order valence-corrected chi connectivity index (χ0v) is 17.4. The molecule has 0 spiro atoms. The van der Waals surface area contributed by atoms with Gasteiger partial charge < -0.3 is 5.32 Å². The number of fused-ring (bicyclic) bond motifs is 1. The van der Waals surface area contributed by atoms with Gasteiger partial charge in [-0.2, -0.15) is 5.26 Å². The van der Waals surface area contributed by atoms with Crippen LogP contribution in [0.5, 0.6) is 0 Å². The molecule has 1 aliphatic rings. The number of amides is 1. The molecule has 0 saturated carbocycles. The quantitative estimate of drug-likeness (QED) is 0.637. The van der Waals surface area contributed by atoms with Crippen LogP contribution in [0.3, 0.4) is 0 Å². The van der Waals surface area contributed by atoms with E-state index in [-0.39, 0.29) is 11.3 Å². The lowest BCUT2D eigenvalue weighted by molar-refractivity contribution is -0.111. The highest BCUT2D eigenvalue weighted by molar-refractivity contribution is 7.16. The number of carbonyl (C=O) groups excluding carboxylic acids is 1. The van der Waals surface area contributed by atoms with E-state index in [2.05, 4.69) is 32.2 Å². The number of anilines is 1. The van der Waals surface area contributed by atoms with E-state index in [9.17, 15) is 10.1 Å². The van der Waals surface area contributed by atoms with Crippen molar-refractivity contribution < 1.29 is 4.79 Å². The zero-order chi connectivity index (χ0) is 19.6. The molecule has 1 unspecified atom stereocenters. The first kappa shape index (κ1) is 19.7. The fourth-order valence-corrected chi connectivity index (χ4v) is 4.94. The molecule has 1 amide bonds. The molecule has 0 saturated heterocycles. The molecule has 1 aromatic heterocycles. The van der Waals surface area contributed by atoms with Crippen molar-refractivity contribution in [3.05, 3.63) is 56.9 Å². The van der Waals surface area contributed by atoms with Gasteiger partial charge in [-0.3, -0.25) is 4.79 Å². The second kappa shape index (κ2) is 7.88. The van der Waals surface area contributed by atoms with Crippen LogP contribution >= 0.6 is 22.9 Å². The number of nitriles is 1. The molecule has 140 valence electrons. The van der Waals surface area contributed by atoms with E-state index in [1.165, 1.54) is 11.0 Å². The van der Waals surface area contributed by atoms with Crippen LogP contribution in [0.4, 0.5) is 5.00 Å². The third-order valence-electron chi connectivity index (χ3n) is 5.16. The van der Waals surface area contributed by atoms with Crippen LogP contribution in [0.1, 0.15) is 48.8 Å². The highest BCUT2D eigenvalue weighted by Crippen LogP contribution is 2.43. The molecule has 0 aliphatic heterocycles. The van der Waals surface area contributed by atoms with Crippen LogP contribution in [-0.4, -0.2) is 5.91 Å². The van der Waals surface area contributed by atoms with Crippen molar-refractivity contribution in [1.82, 2.24) is 0 Å². The topological polar surface area (TPSA) is 52.9 Å². The summed E-state index contributed by atoms with van der Waals surface area (Å²) in [7, 11) is 0. The van der Waals surface area contributed by atoms with E-state index in [1.54, 1.807) is 23.5 Å². The molecule has 3 nitrogen and oxygen atoms in total. The Bertz CT molecular complexity index is 931. The highest BCUT2D eigenvalue weighted by Gasteiger charge is 2.32. The Hall–Kier alpha value is -2.09. The van der Waals surface area contributed by atoms with Gasteiger partial charge in [0.15, 0.2) is 0 Å². The second-order valence-corrected chi connectivity index (χ2v) is 9.48. The predicted molar refractivity (Wildman–Crippen MR) is 113 cm³/mol. The average molecular weight is 399 g/mol. The zero-order valence-electron chi connectivity index (χ0n) is 15.8. The van der Waals surface area contributed by atoms with Crippen LogP contribution in [0.15, 0.2) is 30.3 Å². The summed E-state index contributed by atoms with van der Waals surface area (Å²) in [6.07, 6.45) is 6.11. The van der Waals surface area contributed by atoms with Gasteiger partial charge in [-0.1, -0.05) is 50.6 Å². The normalized spacial score (nSPS) is 16.8. The van der Waals surface area contributed by atoms with Crippen molar-refractivity contribution in [1.29, 1.82) is 5.26 Å². The molecular formula is C22H23ClN2OS. The molecular weight excluding hydrogens is 376 g/mol. The van der Waals surface area contributed by atoms with Crippen LogP contribution < -0.4 is 5.32 Å². The van der Waals surface area contributed by atoms with Gasteiger partial charge in [0.1, 0.15) is 11.1 Å². The number of rotatable bonds is 3. The van der Waals surface area contributed by atoms with Crippen molar-refractivity contribution in [2.24, 2.45) is 11.3 Å². The number of hydrogen-bond acceptors (Lipinski definition) is 3. The Balaban J connectivity index is 1.78. The minimum atomic E-state index is -0.252. The van der Waals surface area contributed by atoms with E-state index >= 15 is 0 Å². The Morgan fingerprint density at radius 1 is 1.37 bits per heavy atom. The number of halogens is 1. The summed E-state index contributed by atoms with van der Waals surface area (Å²) in [5.74, 6) is 0.344. The molecule has 2 aromatic rings. The third kappa shape index (κ3) is 4.43. The maximum absolute atomic E-state index is 12.4. The van der Waals surface area contributed by atoms with Crippen molar-refractivity contribution in [3.63, 3.8) is 0 Å². The molecule has 0 bridgehead atoms.